The Bertz CT molecular complexity index is 1190. The molecular formula is C28H34ClN3O4. The Morgan fingerprint density at radius 3 is 2.69 bits per heavy atom. The number of ether oxygens (including phenoxy) is 2. The Hall–Kier alpha value is -2.90. The van der Waals surface area contributed by atoms with Crippen molar-refractivity contribution in [3.63, 3.8) is 0 Å². The van der Waals surface area contributed by atoms with Gasteiger partial charge in [0.05, 0.1) is 24.2 Å². The molecule has 4 rings (SSSR count). The molecule has 192 valence electrons. The summed E-state index contributed by atoms with van der Waals surface area (Å²) in [5.74, 6) is 1.82. The second-order valence-electron chi connectivity index (χ2n) is 9.85. The summed E-state index contributed by atoms with van der Waals surface area (Å²) in [6, 6.07) is 11.7. The molecule has 0 bridgehead atoms. The van der Waals surface area contributed by atoms with Crippen LogP contribution in [0.15, 0.2) is 40.9 Å². The molecule has 2 aromatic carbocycles. The molecule has 0 spiro atoms. The van der Waals surface area contributed by atoms with Crippen LogP contribution in [0.3, 0.4) is 0 Å². The summed E-state index contributed by atoms with van der Waals surface area (Å²) in [7, 11) is 0. The number of aromatic nitrogens is 2. The summed E-state index contributed by atoms with van der Waals surface area (Å²) >= 11 is 6.40. The molecule has 8 heteroatoms. The first-order valence-electron chi connectivity index (χ1n) is 12.6. The molecule has 1 aromatic heterocycles. The van der Waals surface area contributed by atoms with E-state index in [1.807, 2.05) is 52.0 Å². The topological polar surface area (TPSA) is 77.7 Å². The zero-order chi connectivity index (χ0) is 25.7. The van der Waals surface area contributed by atoms with Crippen LogP contribution in [0.2, 0.25) is 5.02 Å². The molecule has 0 fully saturated rings. The van der Waals surface area contributed by atoms with Crippen LogP contribution in [0.25, 0.3) is 22.8 Å². The van der Waals surface area contributed by atoms with Crippen LogP contribution in [0, 0.1) is 5.92 Å². The third kappa shape index (κ3) is 6.65. The summed E-state index contributed by atoms with van der Waals surface area (Å²) in [6.45, 7) is 10.9. The minimum atomic E-state index is -0.130. The Morgan fingerprint density at radius 2 is 1.94 bits per heavy atom. The predicted molar refractivity (Wildman–Crippen MR) is 140 cm³/mol. The van der Waals surface area contributed by atoms with E-state index in [1.54, 1.807) is 6.07 Å². The average Bonchev–Trinajstić information content (AvgIpc) is 3.24. The van der Waals surface area contributed by atoms with Crippen molar-refractivity contribution in [1.29, 1.82) is 0 Å². The van der Waals surface area contributed by atoms with Crippen molar-refractivity contribution in [2.45, 2.75) is 53.1 Å². The molecule has 36 heavy (non-hydrogen) atoms. The molecule has 0 saturated heterocycles. The number of halogens is 1. The Morgan fingerprint density at radius 1 is 1.14 bits per heavy atom. The molecule has 0 N–H and O–H groups in total. The number of hydrogen-bond acceptors (Lipinski definition) is 7. The number of rotatable bonds is 9. The van der Waals surface area contributed by atoms with Gasteiger partial charge in [-0.1, -0.05) is 48.8 Å². The molecule has 0 saturated carbocycles. The number of esters is 1. The van der Waals surface area contributed by atoms with Gasteiger partial charge in [0.2, 0.25) is 5.82 Å². The highest BCUT2D eigenvalue weighted by atomic mass is 35.5. The van der Waals surface area contributed by atoms with Crippen molar-refractivity contribution in [3.05, 3.63) is 52.5 Å². The number of carbonyl (C=O) groups excluding carboxylic acids is 1. The lowest BCUT2D eigenvalue weighted by Crippen LogP contribution is -2.29. The van der Waals surface area contributed by atoms with Gasteiger partial charge < -0.3 is 18.9 Å². The molecule has 1 aliphatic heterocycles. The van der Waals surface area contributed by atoms with Gasteiger partial charge in [0.15, 0.2) is 0 Å². The minimum absolute atomic E-state index is 0.0336. The van der Waals surface area contributed by atoms with Crippen molar-refractivity contribution >= 4 is 17.6 Å². The van der Waals surface area contributed by atoms with Gasteiger partial charge in [-0.3, -0.25) is 4.79 Å². The first-order valence-corrected chi connectivity index (χ1v) is 13.0. The second-order valence-corrected chi connectivity index (χ2v) is 10.3. The third-order valence-electron chi connectivity index (χ3n) is 6.07. The van der Waals surface area contributed by atoms with Crippen molar-refractivity contribution in [1.82, 2.24) is 15.0 Å². The van der Waals surface area contributed by atoms with Crippen LogP contribution in [0.1, 0.15) is 45.2 Å². The maximum absolute atomic E-state index is 12.0. The molecule has 0 atom stereocenters. The average molecular weight is 512 g/mol. The van der Waals surface area contributed by atoms with E-state index in [4.69, 9.17) is 25.6 Å². The van der Waals surface area contributed by atoms with Crippen LogP contribution in [-0.4, -0.2) is 53.4 Å². The number of carbonyl (C=O) groups is 1. The first kappa shape index (κ1) is 26.2. The van der Waals surface area contributed by atoms with Gasteiger partial charge in [-0.2, -0.15) is 4.98 Å². The van der Waals surface area contributed by atoms with Crippen molar-refractivity contribution in [2.75, 3.05) is 26.2 Å². The zero-order valence-corrected chi connectivity index (χ0v) is 22.2. The molecule has 0 unspecified atom stereocenters. The van der Waals surface area contributed by atoms with E-state index in [0.29, 0.717) is 48.0 Å². The fraction of sp³-hybridized carbons (Fsp3) is 0.464. The van der Waals surface area contributed by atoms with Crippen molar-refractivity contribution in [2.24, 2.45) is 5.92 Å². The highest BCUT2D eigenvalue weighted by Crippen LogP contribution is 2.33. The van der Waals surface area contributed by atoms with E-state index >= 15 is 0 Å². The summed E-state index contributed by atoms with van der Waals surface area (Å²) in [4.78, 5) is 19.1. The summed E-state index contributed by atoms with van der Waals surface area (Å²) < 4.78 is 16.6. The Labute approximate surface area is 217 Å². The van der Waals surface area contributed by atoms with Crippen LogP contribution in [-0.2, 0) is 22.4 Å². The zero-order valence-electron chi connectivity index (χ0n) is 21.4. The monoisotopic (exact) mass is 511 g/mol. The first-order chi connectivity index (χ1) is 17.3. The lowest BCUT2D eigenvalue weighted by atomic mass is 9.97. The molecule has 3 aromatic rings. The SMILES string of the molecule is CC(C)COC(=O)CCN1CCc2cccc(-c3noc(-c4ccc(OC(C)C)c(Cl)c4)n3)c2CC1. The van der Waals surface area contributed by atoms with Gasteiger partial charge in [-0.15, -0.1) is 0 Å². The van der Waals surface area contributed by atoms with E-state index in [1.165, 1.54) is 11.1 Å². The molecule has 1 aliphatic rings. The lowest BCUT2D eigenvalue weighted by Gasteiger charge is -2.19. The van der Waals surface area contributed by atoms with Crippen LogP contribution in [0.4, 0.5) is 0 Å². The molecular weight excluding hydrogens is 478 g/mol. The predicted octanol–water partition coefficient (Wildman–Crippen LogP) is 5.83. The molecule has 2 heterocycles. The normalized spacial score (nSPS) is 14.1. The number of benzene rings is 2. The van der Waals surface area contributed by atoms with Crippen LogP contribution >= 0.6 is 11.6 Å². The van der Waals surface area contributed by atoms with Crippen molar-refractivity contribution < 1.29 is 18.8 Å². The molecule has 0 amide bonds. The molecule has 0 radical (unpaired) electrons. The maximum Gasteiger partial charge on any atom is 0.307 e. The summed E-state index contributed by atoms with van der Waals surface area (Å²) in [5, 5.41) is 4.78. The molecule has 0 aliphatic carbocycles. The third-order valence-corrected chi connectivity index (χ3v) is 6.36. The van der Waals surface area contributed by atoms with Gasteiger partial charge in [0, 0.05) is 30.8 Å². The standard InChI is InChI=1S/C28H34ClN3O4/c1-18(2)17-34-26(33)12-15-32-13-10-20-6-5-7-23(22(20)11-14-32)27-30-28(36-31-27)21-8-9-25(24(29)16-21)35-19(3)4/h5-9,16,18-19H,10-15,17H2,1-4H3. The number of nitrogens with zero attached hydrogens (tertiary/aromatic N) is 3. The van der Waals surface area contributed by atoms with E-state index in [9.17, 15) is 4.79 Å². The van der Waals surface area contributed by atoms with E-state index in [0.717, 1.165) is 37.1 Å². The maximum atomic E-state index is 12.0. The van der Waals surface area contributed by atoms with E-state index in [2.05, 4.69) is 21.1 Å². The van der Waals surface area contributed by atoms with E-state index in [-0.39, 0.29) is 12.1 Å². The van der Waals surface area contributed by atoms with Gasteiger partial charge >= 0.3 is 5.97 Å². The van der Waals surface area contributed by atoms with Crippen molar-refractivity contribution in [3.8, 4) is 28.6 Å². The van der Waals surface area contributed by atoms with E-state index < -0.39 is 0 Å². The Kier molecular flexibility index (Phi) is 8.64. The quantitative estimate of drug-likeness (QED) is 0.334. The number of fused-ring (bicyclic) bond motifs is 1. The summed E-state index contributed by atoms with van der Waals surface area (Å²) in [5.41, 5.74) is 4.23. The number of hydrogen-bond donors (Lipinski definition) is 0. The van der Waals surface area contributed by atoms with Gasteiger partial charge in [-0.05, 0) is 61.9 Å². The lowest BCUT2D eigenvalue weighted by molar-refractivity contribution is -0.145. The molecule has 7 nitrogen and oxygen atoms in total. The van der Waals surface area contributed by atoms with Gasteiger partial charge in [-0.25, -0.2) is 0 Å². The fourth-order valence-electron chi connectivity index (χ4n) is 4.27. The van der Waals surface area contributed by atoms with Crippen LogP contribution in [0.5, 0.6) is 5.75 Å². The fourth-order valence-corrected chi connectivity index (χ4v) is 4.50. The summed E-state index contributed by atoms with van der Waals surface area (Å²) in [6.07, 6.45) is 2.20. The van der Waals surface area contributed by atoms with Crippen LogP contribution < -0.4 is 4.74 Å². The highest BCUT2D eigenvalue weighted by molar-refractivity contribution is 6.32. The van der Waals surface area contributed by atoms with Gasteiger partial charge in [0.1, 0.15) is 5.75 Å². The Balaban J connectivity index is 1.45. The smallest absolute Gasteiger partial charge is 0.307 e. The van der Waals surface area contributed by atoms with Gasteiger partial charge in [0.25, 0.3) is 5.89 Å². The second kappa shape index (κ2) is 11.9. The minimum Gasteiger partial charge on any atom is -0.489 e. The highest BCUT2D eigenvalue weighted by Gasteiger charge is 2.21. The largest absolute Gasteiger partial charge is 0.489 e.